The number of nitrogens with zero attached hydrogens (tertiary/aromatic N) is 2. The molecule has 0 unspecified atom stereocenters. The number of halogens is 5. The number of oxime groups is 1. The molecule has 2 aliphatic rings. The van der Waals surface area contributed by atoms with E-state index in [-0.39, 0.29) is 25.9 Å². The Bertz CT molecular complexity index is 713. The molecule has 2 aliphatic heterocycles. The second-order valence-electron chi connectivity index (χ2n) is 5.39. The van der Waals surface area contributed by atoms with Crippen molar-refractivity contribution in [3.63, 3.8) is 0 Å². The van der Waals surface area contributed by atoms with Gasteiger partial charge in [0.2, 0.25) is 0 Å². The molecule has 0 amide bonds. The quantitative estimate of drug-likeness (QED) is 0.454. The van der Waals surface area contributed by atoms with Crippen LogP contribution in [-0.2, 0) is 9.63 Å². The highest BCUT2D eigenvalue weighted by Crippen LogP contribution is 2.35. The van der Waals surface area contributed by atoms with Gasteiger partial charge < -0.3 is 9.74 Å². The first-order chi connectivity index (χ1) is 11.2. The third-order valence-corrected chi connectivity index (χ3v) is 4.76. The Morgan fingerprint density at radius 1 is 1.25 bits per heavy atom. The van der Waals surface area contributed by atoms with E-state index in [1.54, 1.807) is 11.0 Å². The molecule has 0 atom stereocenters. The van der Waals surface area contributed by atoms with E-state index in [1.165, 1.54) is 6.07 Å². The van der Waals surface area contributed by atoms with Crippen LogP contribution in [0.1, 0.15) is 17.7 Å². The van der Waals surface area contributed by atoms with E-state index in [9.17, 15) is 26.7 Å². The van der Waals surface area contributed by atoms with E-state index in [2.05, 4.69) is 9.99 Å². The molecule has 10 heteroatoms. The lowest BCUT2D eigenvalue weighted by Gasteiger charge is -2.32. The number of alkyl halides is 5. The van der Waals surface area contributed by atoms with Crippen LogP contribution >= 0.6 is 11.3 Å². The highest BCUT2D eigenvalue weighted by atomic mass is 32.1. The minimum absolute atomic E-state index is 0.167. The van der Waals surface area contributed by atoms with Gasteiger partial charge in [-0.25, -0.2) is 13.6 Å². The van der Waals surface area contributed by atoms with Gasteiger partial charge in [-0.3, -0.25) is 0 Å². The van der Waals surface area contributed by atoms with Crippen molar-refractivity contribution in [2.75, 3.05) is 18.0 Å². The van der Waals surface area contributed by atoms with E-state index < -0.39 is 29.4 Å². The van der Waals surface area contributed by atoms with Crippen LogP contribution in [0, 0.1) is 0 Å². The predicted octanol–water partition coefficient (Wildman–Crippen LogP) is 3.84. The Hall–Kier alpha value is -1.97. The normalized spacial score (nSPS) is 22.7. The first-order valence-corrected chi connectivity index (χ1v) is 7.79. The molecule has 1 saturated heterocycles. The molecule has 3 heterocycles. The van der Waals surface area contributed by atoms with Crippen LogP contribution in [0.25, 0.3) is 6.08 Å². The first-order valence-electron chi connectivity index (χ1n) is 6.97. The zero-order valence-electron chi connectivity index (χ0n) is 12.1. The summed E-state index contributed by atoms with van der Waals surface area (Å²) < 4.78 is 64.7. The summed E-state index contributed by atoms with van der Waals surface area (Å²) >= 11 is 1.12. The van der Waals surface area contributed by atoms with Crippen molar-refractivity contribution >= 4 is 34.1 Å². The maximum absolute atomic E-state index is 13.2. The Labute approximate surface area is 137 Å². The van der Waals surface area contributed by atoms with Crippen molar-refractivity contribution < 1.29 is 31.6 Å². The summed E-state index contributed by atoms with van der Waals surface area (Å²) in [4.78, 5) is 17.6. The molecule has 0 saturated carbocycles. The Balaban J connectivity index is 1.79. The molecule has 130 valence electrons. The Morgan fingerprint density at radius 3 is 2.54 bits per heavy atom. The number of carbonyl (C=O) groups excluding carboxylic acids is 1. The second kappa shape index (κ2) is 5.83. The second-order valence-corrected chi connectivity index (χ2v) is 6.49. The summed E-state index contributed by atoms with van der Waals surface area (Å²) in [5.41, 5.74) is -2.04. The van der Waals surface area contributed by atoms with Crippen LogP contribution < -0.4 is 4.90 Å². The van der Waals surface area contributed by atoms with Crippen LogP contribution in [0.3, 0.4) is 0 Å². The molecule has 1 aromatic rings. The van der Waals surface area contributed by atoms with Gasteiger partial charge in [0.15, 0.2) is 5.71 Å². The minimum Gasteiger partial charge on any atom is -0.363 e. The molecular formula is C14H11F5N2O2S. The lowest BCUT2D eigenvalue weighted by Crippen LogP contribution is -2.38. The zero-order chi connectivity index (χ0) is 17.5. The van der Waals surface area contributed by atoms with Gasteiger partial charge in [-0.05, 0) is 18.2 Å². The average molecular weight is 366 g/mol. The molecule has 1 aromatic heterocycles. The fourth-order valence-corrected chi connectivity index (χ4v) is 3.40. The van der Waals surface area contributed by atoms with Crippen molar-refractivity contribution in [3.8, 4) is 0 Å². The van der Waals surface area contributed by atoms with Gasteiger partial charge >= 0.3 is 12.1 Å². The summed E-state index contributed by atoms with van der Waals surface area (Å²) in [6.45, 7) is 0.335. The molecule has 0 aromatic carbocycles. The zero-order valence-corrected chi connectivity index (χ0v) is 12.9. The van der Waals surface area contributed by atoms with Gasteiger partial charge in [0.1, 0.15) is 0 Å². The number of hydrogen-bond donors (Lipinski definition) is 0. The smallest absolute Gasteiger partial charge is 0.363 e. The van der Waals surface area contributed by atoms with E-state index in [4.69, 9.17) is 0 Å². The summed E-state index contributed by atoms with van der Waals surface area (Å²) in [5, 5.41) is 3.42. The van der Waals surface area contributed by atoms with Gasteiger partial charge in [-0.2, -0.15) is 13.2 Å². The molecule has 0 spiro atoms. The van der Waals surface area contributed by atoms with Gasteiger partial charge in [0, 0.05) is 30.8 Å². The molecule has 0 radical (unpaired) electrons. The number of thiophene rings is 1. The molecule has 1 fully saturated rings. The lowest BCUT2D eigenvalue weighted by atomic mass is 10.1. The monoisotopic (exact) mass is 366 g/mol. The van der Waals surface area contributed by atoms with Crippen LogP contribution in [0.2, 0.25) is 0 Å². The van der Waals surface area contributed by atoms with E-state index >= 15 is 0 Å². The molecule has 0 aliphatic carbocycles. The van der Waals surface area contributed by atoms with E-state index in [0.717, 1.165) is 17.4 Å². The van der Waals surface area contributed by atoms with Crippen molar-refractivity contribution in [2.45, 2.75) is 24.9 Å². The first kappa shape index (κ1) is 16.9. The minimum atomic E-state index is -4.80. The standard InChI is InChI=1S/C14H11F5N2O2S/c15-13(16)3-5-21(6-4-13)10-2-1-8(24-10)7-9-11(14(17,18)19)20-23-12(9)22/h1-2,7H,3-6H2/b9-7-. The van der Waals surface area contributed by atoms with Crippen molar-refractivity contribution in [1.82, 2.24) is 0 Å². The van der Waals surface area contributed by atoms with Gasteiger partial charge in [-0.15, -0.1) is 11.3 Å². The Morgan fingerprint density at radius 2 is 1.92 bits per heavy atom. The van der Waals surface area contributed by atoms with Crippen molar-refractivity contribution in [2.24, 2.45) is 5.16 Å². The third kappa shape index (κ3) is 3.42. The van der Waals surface area contributed by atoms with Crippen LogP contribution in [-0.4, -0.2) is 36.9 Å². The largest absolute Gasteiger partial charge is 0.437 e. The topological polar surface area (TPSA) is 41.9 Å². The third-order valence-electron chi connectivity index (χ3n) is 3.67. The van der Waals surface area contributed by atoms with E-state index in [0.29, 0.717) is 9.88 Å². The molecule has 0 bridgehead atoms. The van der Waals surface area contributed by atoms with Crippen molar-refractivity contribution in [3.05, 3.63) is 22.6 Å². The van der Waals surface area contributed by atoms with Gasteiger partial charge in [0.05, 0.1) is 10.6 Å². The predicted molar refractivity (Wildman–Crippen MR) is 78.3 cm³/mol. The number of hydrogen-bond acceptors (Lipinski definition) is 5. The number of rotatable bonds is 2. The summed E-state index contributed by atoms with van der Waals surface area (Å²) in [5.74, 6) is -3.85. The summed E-state index contributed by atoms with van der Waals surface area (Å²) in [6, 6.07) is 3.16. The van der Waals surface area contributed by atoms with Crippen LogP contribution in [0.4, 0.5) is 27.0 Å². The fourth-order valence-electron chi connectivity index (χ4n) is 2.40. The summed E-state index contributed by atoms with van der Waals surface area (Å²) in [6.07, 6.45) is -4.28. The van der Waals surface area contributed by atoms with Crippen LogP contribution in [0.15, 0.2) is 22.9 Å². The molecule has 0 N–H and O–H groups in total. The number of anilines is 1. The molecule has 3 rings (SSSR count). The molecular weight excluding hydrogens is 355 g/mol. The number of carbonyl (C=O) groups is 1. The highest BCUT2D eigenvalue weighted by Gasteiger charge is 2.45. The molecule has 24 heavy (non-hydrogen) atoms. The van der Waals surface area contributed by atoms with Gasteiger partial charge in [-0.1, -0.05) is 5.16 Å². The summed E-state index contributed by atoms with van der Waals surface area (Å²) in [7, 11) is 0. The van der Waals surface area contributed by atoms with Crippen LogP contribution in [0.5, 0.6) is 0 Å². The maximum atomic E-state index is 13.2. The SMILES string of the molecule is O=C1ON=C(C(F)(F)F)/C1=C/c1ccc(N2CCC(F)(F)CC2)s1. The van der Waals surface area contributed by atoms with E-state index in [1.807, 2.05) is 0 Å². The van der Waals surface area contributed by atoms with Gasteiger partial charge in [0.25, 0.3) is 5.92 Å². The lowest BCUT2D eigenvalue weighted by molar-refractivity contribution is -0.136. The van der Waals surface area contributed by atoms with Crippen molar-refractivity contribution in [1.29, 1.82) is 0 Å². The number of piperidine rings is 1. The fraction of sp³-hybridized carbons (Fsp3) is 0.429. The average Bonchev–Trinajstić information content (AvgIpc) is 3.07. The Kier molecular flexibility index (Phi) is 4.10. The molecule has 4 nitrogen and oxygen atoms in total. The highest BCUT2D eigenvalue weighted by molar-refractivity contribution is 7.17. The maximum Gasteiger partial charge on any atom is 0.437 e.